The Morgan fingerprint density at radius 1 is 1.33 bits per heavy atom. The smallest absolute Gasteiger partial charge is 0.284 e. The highest BCUT2D eigenvalue weighted by Gasteiger charge is 2.26. The first-order chi connectivity index (χ1) is 9.84. The first kappa shape index (κ1) is 14.9. The van der Waals surface area contributed by atoms with Crippen LogP contribution in [-0.2, 0) is 10.0 Å². The van der Waals surface area contributed by atoms with Crippen LogP contribution in [0.25, 0.3) is 0 Å². The normalized spacial score (nSPS) is 11.1. The number of amidine groups is 1. The van der Waals surface area contributed by atoms with Gasteiger partial charge in [-0.3, -0.25) is 9.71 Å². The van der Waals surface area contributed by atoms with E-state index in [1.165, 1.54) is 31.4 Å². The summed E-state index contributed by atoms with van der Waals surface area (Å²) in [5.74, 6) is -1.11. The number of pyridine rings is 1. The van der Waals surface area contributed by atoms with Gasteiger partial charge in [0.15, 0.2) is 5.82 Å². The van der Waals surface area contributed by atoms with Gasteiger partial charge >= 0.3 is 0 Å². The van der Waals surface area contributed by atoms with Gasteiger partial charge in [0.05, 0.1) is 5.69 Å². The SMILES string of the molecule is CN(c1cccc(C(=N)N)c1)S(=O)(=O)c1ncccc1F. The zero-order valence-electron chi connectivity index (χ0n) is 11.1. The number of hydrogen-bond donors (Lipinski definition) is 2. The molecular weight excluding hydrogens is 295 g/mol. The number of aromatic nitrogens is 1. The number of nitrogens with two attached hydrogens (primary N) is 1. The van der Waals surface area contributed by atoms with E-state index in [9.17, 15) is 12.8 Å². The molecule has 3 N–H and O–H groups in total. The Kier molecular flexibility index (Phi) is 3.90. The molecule has 1 aromatic heterocycles. The van der Waals surface area contributed by atoms with Crippen LogP contribution in [0, 0.1) is 11.2 Å². The van der Waals surface area contributed by atoms with Crippen molar-refractivity contribution in [1.29, 1.82) is 5.41 Å². The number of benzene rings is 1. The van der Waals surface area contributed by atoms with E-state index in [0.717, 1.165) is 10.4 Å². The highest BCUT2D eigenvalue weighted by Crippen LogP contribution is 2.23. The number of hydrogen-bond acceptors (Lipinski definition) is 4. The minimum absolute atomic E-state index is 0.188. The Labute approximate surface area is 121 Å². The molecule has 2 rings (SSSR count). The van der Waals surface area contributed by atoms with E-state index in [4.69, 9.17) is 11.1 Å². The second-order valence-corrected chi connectivity index (χ2v) is 6.11. The largest absolute Gasteiger partial charge is 0.384 e. The Hall–Kier alpha value is -2.48. The molecule has 0 saturated heterocycles. The third kappa shape index (κ3) is 2.84. The van der Waals surface area contributed by atoms with Crippen molar-refractivity contribution in [3.8, 4) is 0 Å². The number of nitrogens with zero attached hydrogens (tertiary/aromatic N) is 2. The molecule has 6 nitrogen and oxygen atoms in total. The van der Waals surface area contributed by atoms with E-state index in [1.807, 2.05) is 0 Å². The summed E-state index contributed by atoms with van der Waals surface area (Å²) in [6, 6.07) is 8.43. The topological polar surface area (TPSA) is 100 Å². The lowest BCUT2D eigenvalue weighted by molar-refractivity contribution is 0.552. The summed E-state index contributed by atoms with van der Waals surface area (Å²) >= 11 is 0. The van der Waals surface area contributed by atoms with Crippen LogP contribution in [0.5, 0.6) is 0 Å². The highest BCUT2D eigenvalue weighted by atomic mass is 32.2. The molecular formula is C13H13FN4O2S. The molecule has 0 unspecified atom stereocenters. The molecule has 8 heteroatoms. The Bertz CT molecular complexity index is 792. The zero-order valence-corrected chi connectivity index (χ0v) is 11.9. The fourth-order valence-corrected chi connectivity index (χ4v) is 2.86. The summed E-state index contributed by atoms with van der Waals surface area (Å²) in [6.45, 7) is 0. The predicted molar refractivity (Wildman–Crippen MR) is 77.2 cm³/mol. The van der Waals surface area contributed by atoms with Crippen LogP contribution < -0.4 is 10.0 Å². The van der Waals surface area contributed by atoms with Crippen LogP contribution in [-0.4, -0.2) is 26.3 Å². The zero-order chi connectivity index (χ0) is 15.6. The van der Waals surface area contributed by atoms with E-state index in [1.54, 1.807) is 12.1 Å². The average molecular weight is 308 g/mol. The number of nitrogen functional groups attached to an aromatic ring is 1. The van der Waals surface area contributed by atoms with Crippen LogP contribution in [0.3, 0.4) is 0 Å². The van der Waals surface area contributed by atoms with Gasteiger partial charge in [0.1, 0.15) is 5.84 Å². The Morgan fingerprint density at radius 2 is 2.05 bits per heavy atom. The molecule has 0 atom stereocenters. The van der Waals surface area contributed by atoms with Crippen molar-refractivity contribution in [1.82, 2.24) is 4.98 Å². The number of sulfonamides is 1. The minimum atomic E-state index is -4.13. The number of nitrogens with one attached hydrogen (secondary N) is 1. The summed E-state index contributed by atoms with van der Waals surface area (Å²) in [5, 5.41) is 6.71. The Balaban J connectivity index is 2.48. The molecule has 1 heterocycles. The van der Waals surface area contributed by atoms with Crippen LogP contribution in [0.1, 0.15) is 5.56 Å². The van der Waals surface area contributed by atoms with Gasteiger partial charge in [-0.25, -0.2) is 9.37 Å². The molecule has 21 heavy (non-hydrogen) atoms. The first-order valence-corrected chi connectivity index (χ1v) is 7.32. The van der Waals surface area contributed by atoms with Crippen molar-refractivity contribution in [2.45, 2.75) is 5.03 Å². The molecule has 110 valence electrons. The van der Waals surface area contributed by atoms with Crippen LogP contribution in [0.4, 0.5) is 10.1 Å². The number of anilines is 1. The molecule has 0 amide bonds. The lowest BCUT2D eigenvalue weighted by Crippen LogP contribution is -2.28. The van der Waals surface area contributed by atoms with Crippen LogP contribution >= 0.6 is 0 Å². The number of rotatable bonds is 4. The van der Waals surface area contributed by atoms with Gasteiger partial charge in [0.25, 0.3) is 10.0 Å². The molecule has 0 aliphatic rings. The lowest BCUT2D eigenvalue weighted by Gasteiger charge is -2.19. The predicted octanol–water partition coefficient (Wildman–Crippen LogP) is 1.33. The number of halogens is 1. The van der Waals surface area contributed by atoms with Crippen LogP contribution in [0.15, 0.2) is 47.6 Å². The standard InChI is InChI=1S/C13H13FN4O2S/c1-18(10-5-2-4-9(8-10)12(15)16)21(19,20)13-11(14)6-3-7-17-13/h2-8H,1H3,(H3,15,16). The van der Waals surface area contributed by atoms with E-state index in [-0.39, 0.29) is 11.5 Å². The molecule has 0 saturated carbocycles. The van der Waals surface area contributed by atoms with Gasteiger partial charge in [-0.2, -0.15) is 8.42 Å². The monoisotopic (exact) mass is 308 g/mol. The van der Waals surface area contributed by atoms with Gasteiger partial charge in [0.2, 0.25) is 5.03 Å². The van der Waals surface area contributed by atoms with Crippen molar-refractivity contribution in [2.24, 2.45) is 5.73 Å². The fraction of sp³-hybridized carbons (Fsp3) is 0.0769. The molecule has 0 spiro atoms. The first-order valence-electron chi connectivity index (χ1n) is 5.88. The second kappa shape index (κ2) is 5.49. The summed E-state index contributed by atoms with van der Waals surface area (Å²) in [7, 11) is -2.85. The van der Waals surface area contributed by atoms with Crippen molar-refractivity contribution >= 4 is 21.5 Å². The van der Waals surface area contributed by atoms with Crippen molar-refractivity contribution in [3.05, 3.63) is 54.0 Å². The molecule has 2 aromatic rings. The molecule has 0 aliphatic carbocycles. The van der Waals surface area contributed by atoms with Crippen molar-refractivity contribution in [3.63, 3.8) is 0 Å². The minimum Gasteiger partial charge on any atom is -0.384 e. The van der Waals surface area contributed by atoms with Gasteiger partial charge in [-0.1, -0.05) is 12.1 Å². The van der Waals surface area contributed by atoms with E-state index < -0.39 is 20.9 Å². The fourth-order valence-electron chi connectivity index (χ4n) is 1.70. The maximum Gasteiger partial charge on any atom is 0.284 e. The highest BCUT2D eigenvalue weighted by molar-refractivity contribution is 7.92. The van der Waals surface area contributed by atoms with E-state index in [0.29, 0.717) is 5.56 Å². The van der Waals surface area contributed by atoms with Gasteiger partial charge in [-0.15, -0.1) is 0 Å². The summed E-state index contributed by atoms with van der Waals surface area (Å²) in [5.41, 5.74) is 6.00. The lowest BCUT2D eigenvalue weighted by atomic mass is 10.2. The quantitative estimate of drug-likeness (QED) is 0.657. The second-order valence-electron chi connectivity index (χ2n) is 4.23. The summed E-state index contributed by atoms with van der Waals surface area (Å²) in [4.78, 5) is 3.58. The molecule has 1 aromatic carbocycles. The molecule has 0 fully saturated rings. The van der Waals surface area contributed by atoms with Crippen molar-refractivity contribution < 1.29 is 12.8 Å². The summed E-state index contributed by atoms with van der Waals surface area (Å²) in [6.07, 6.45) is 1.20. The van der Waals surface area contributed by atoms with Gasteiger partial charge < -0.3 is 5.73 Å². The van der Waals surface area contributed by atoms with E-state index in [2.05, 4.69) is 4.98 Å². The van der Waals surface area contributed by atoms with Crippen LogP contribution in [0.2, 0.25) is 0 Å². The molecule has 0 bridgehead atoms. The maximum atomic E-state index is 13.6. The molecule has 0 radical (unpaired) electrons. The average Bonchev–Trinajstić information content (AvgIpc) is 2.46. The third-order valence-electron chi connectivity index (χ3n) is 2.85. The summed E-state index contributed by atoms with van der Waals surface area (Å²) < 4.78 is 39.3. The molecule has 0 aliphatic heterocycles. The third-order valence-corrected chi connectivity index (χ3v) is 4.57. The van der Waals surface area contributed by atoms with Crippen molar-refractivity contribution in [2.75, 3.05) is 11.4 Å². The van der Waals surface area contributed by atoms with Gasteiger partial charge in [-0.05, 0) is 24.3 Å². The Morgan fingerprint density at radius 3 is 2.67 bits per heavy atom. The van der Waals surface area contributed by atoms with E-state index >= 15 is 0 Å². The van der Waals surface area contributed by atoms with Gasteiger partial charge in [0, 0.05) is 18.8 Å². The maximum absolute atomic E-state index is 13.6.